The molecular formula is C20H26N4O2. The molecule has 2 amide bonds. The second kappa shape index (κ2) is 9.56. The number of hydrogen-bond acceptors (Lipinski definition) is 4. The first-order valence-corrected chi connectivity index (χ1v) is 8.99. The van der Waals surface area contributed by atoms with Gasteiger partial charge in [0.25, 0.3) is 11.8 Å². The van der Waals surface area contributed by atoms with E-state index in [4.69, 9.17) is 0 Å². The van der Waals surface area contributed by atoms with Crippen LogP contribution < -0.4 is 15.5 Å². The molecule has 0 bridgehead atoms. The lowest BCUT2D eigenvalue weighted by molar-refractivity contribution is 0.0953. The summed E-state index contributed by atoms with van der Waals surface area (Å²) in [5.74, 6) is -0.544. The zero-order valence-corrected chi connectivity index (χ0v) is 15.6. The van der Waals surface area contributed by atoms with Crippen molar-refractivity contribution in [2.75, 3.05) is 29.9 Å². The lowest BCUT2D eigenvalue weighted by Gasteiger charge is -2.21. The van der Waals surface area contributed by atoms with Gasteiger partial charge in [-0.2, -0.15) is 0 Å². The van der Waals surface area contributed by atoms with Gasteiger partial charge in [0, 0.05) is 42.8 Å². The highest BCUT2D eigenvalue weighted by molar-refractivity contribution is 6.04. The van der Waals surface area contributed by atoms with Crippen LogP contribution in [0.1, 0.15) is 48.0 Å². The molecule has 1 heterocycles. The Morgan fingerprint density at radius 3 is 2.31 bits per heavy atom. The molecule has 2 aromatic rings. The van der Waals surface area contributed by atoms with Crippen LogP contribution in [-0.2, 0) is 0 Å². The molecule has 0 aliphatic carbocycles. The zero-order chi connectivity index (χ0) is 18.9. The Bertz CT molecular complexity index is 740. The number of rotatable bonds is 8. The number of carbonyl (C=O) groups excluding carboxylic acids is 2. The van der Waals surface area contributed by atoms with Crippen molar-refractivity contribution in [2.24, 2.45) is 0 Å². The molecule has 0 spiro atoms. The minimum atomic E-state index is -0.342. The molecular weight excluding hydrogens is 328 g/mol. The van der Waals surface area contributed by atoms with Crippen LogP contribution in [-0.4, -0.2) is 36.4 Å². The van der Waals surface area contributed by atoms with Crippen molar-refractivity contribution >= 4 is 23.2 Å². The highest BCUT2D eigenvalue weighted by Gasteiger charge is 2.12. The maximum atomic E-state index is 12.4. The van der Waals surface area contributed by atoms with E-state index in [-0.39, 0.29) is 17.5 Å². The fraction of sp³-hybridized carbons (Fsp3) is 0.350. The van der Waals surface area contributed by atoms with Crippen LogP contribution in [0.2, 0.25) is 0 Å². The smallest absolute Gasteiger partial charge is 0.274 e. The first-order chi connectivity index (χ1) is 12.6. The fourth-order valence-electron chi connectivity index (χ4n) is 2.58. The van der Waals surface area contributed by atoms with Gasteiger partial charge < -0.3 is 15.5 Å². The van der Waals surface area contributed by atoms with Gasteiger partial charge in [0.05, 0.1) is 0 Å². The predicted octanol–water partition coefficient (Wildman–Crippen LogP) is 3.32. The maximum Gasteiger partial charge on any atom is 0.274 e. The molecule has 0 unspecified atom stereocenters. The van der Waals surface area contributed by atoms with Crippen LogP contribution in [0.3, 0.4) is 0 Å². The van der Waals surface area contributed by atoms with Gasteiger partial charge in [-0.05, 0) is 56.7 Å². The molecule has 0 saturated heterocycles. The third kappa shape index (κ3) is 5.05. The van der Waals surface area contributed by atoms with E-state index in [1.54, 1.807) is 6.07 Å². The van der Waals surface area contributed by atoms with Gasteiger partial charge in [0.1, 0.15) is 5.69 Å². The molecule has 138 valence electrons. The lowest BCUT2D eigenvalue weighted by atomic mass is 10.2. The van der Waals surface area contributed by atoms with Crippen LogP contribution in [0, 0.1) is 0 Å². The molecule has 0 aliphatic rings. The Labute approximate surface area is 154 Å². The highest BCUT2D eigenvalue weighted by atomic mass is 16.2. The van der Waals surface area contributed by atoms with E-state index >= 15 is 0 Å². The standard InChI is InChI=1S/C20H26N4O2/c1-4-12-22-19(25)15-11-13-21-18(14-15)20(26)23-16-7-9-17(10-8-16)24(5-2)6-3/h7-11,13-14H,4-6,12H2,1-3H3,(H,22,25)(H,23,26). The lowest BCUT2D eigenvalue weighted by Crippen LogP contribution is -2.24. The third-order valence-corrected chi connectivity index (χ3v) is 4.04. The van der Waals surface area contributed by atoms with Crippen LogP contribution in [0.15, 0.2) is 42.6 Å². The molecule has 2 N–H and O–H groups in total. The molecule has 0 radical (unpaired) electrons. The fourth-order valence-corrected chi connectivity index (χ4v) is 2.58. The predicted molar refractivity (Wildman–Crippen MR) is 105 cm³/mol. The molecule has 6 heteroatoms. The van der Waals surface area contributed by atoms with Crippen molar-refractivity contribution < 1.29 is 9.59 Å². The second-order valence-corrected chi connectivity index (χ2v) is 5.86. The number of hydrogen-bond donors (Lipinski definition) is 2. The van der Waals surface area contributed by atoms with E-state index in [1.165, 1.54) is 12.3 Å². The van der Waals surface area contributed by atoms with Gasteiger partial charge in [-0.1, -0.05) is 6.92 Å². The Hall–Kier alpha value is -2.89. The van der Waals surface area contributed by atoms with Crippen molar-refractivity contribution in [3.63, 3.8) is 0 Å². The minimum Gasteiger partial charge on any atom is -0.372 e. The molecule has 6 nitrogen and oxygen atoms in total. The Morgan fingerprint density at radius 2 is 1.69 bits per heavy atom. The average molecular weight is 354 g/mol. The van der Waals surface area contributed by atoms with Gasteiger partial charge in [-0.3, -0.25) is 14.6 Å². The van der Waals surface area contributed by atoms with E-state index in [1.807, 2.05) is 31.2 Å². The topological polar surface area (TPSA) is 74.3 Å². The summed E-state index contributed by atoms with van der Waals surface area (Å²) in [6.45, 7) is 8.65. The molecule has 0 saturated carbocycles. The van der Waals surface area contributed by atoms with Crippen LogP contribution in [0.25, 0.3) is 0 Å². The summed E-state index contributed by atoms with van der Waals surface area (Å²) >= 11 is 0. The van der Waals surface area contributed by atoms with Crippen molar-refractivity contribution in [2.45, 2.75) is 27.2 Å². The quantitative estimate of drug-likeness (QED) is 0.763. The molecule has 1 aromatic heterocycles. The summed E-state index contributed by atoms with van der Waals surface area (Å²) in [5, 5.41) is 5.61. The summed E-state index contributed by atoms with van der Waals surface area (Å²) in [6.07, 6.45) is 2.33. The average Bonchev–Trinajstić information content (AvgIpc) is 2.68. The summed E-state index contributed by atoms with van der Waals surface area (Å²) in [5.41, 5.74) is 2.44. The number of pyridine rings is 1. The molecule has 26 heavy (non-hydrogen) atoms. The third-order valence-electron chi connectivity index (χ3n) is 4.04. The Morgan fingerprint density at radius 1 is 1.00 bits per heavy atom. The molecule has 0 aliphatic heterocycles. The summed E-state index contributed by atoms with van der Waals surface area (Å²) in [4.78, 5) is 30.7. The molecule has 0 fully saturated rings. The zero-order valence-electron chi connectivity index (χ0n) is 15.6. The number of carbonyl (C=O) groups is 2. The number of nitrogens with one attached hydrogen (secondary N) is 2. The van der Waals surface area contributed by atoms with Gasteiger partial charge in [-0.25, -0.2) is 0 Å². The van der Waals surface area contributed by atoms with Crippen molar-refractivity contribution in [3.8, 4) is 0 Å². The van der Waals surface area contributed by atoms with Crippen molar-refractivity contribution in [3.05, 3.63) is 53.9 Å². The van der Waals surface area contributed by atoms with E-state index < -0.39 is 0 Å². The summed E-state index contributed by atoms with van der Waals surface area (Å²) < 4.78 is 0. The number of amides is 2. The van der Waals surface area contributed by atoms with Crippen LogP contribution >= 0.6 is 0 Å². The minimum absolute atomic E-state index is 0.202. The normalized spacial score (nSPS) is 10.3. The largest absolute Gasteiger partial charge is 0.372 e. The maximum absolute atomic E-state index is 12.4. The number of nitrogens with zero attached hydrogens (tertiary/aromatic N) is 2. The number of benzene rings is 1. The van der Waals surface area contributed by atoms with E-state index in [9.17, 15) is 9.59 Å². The molecule has 1 aromatic carbocycles. The SMILES string of the molecule is CCCNC(=O)c1ccnc(C(=O)Nc2ccc(N(CC)CC)cc2)c1. The molecule has 2 rings (SSSR count). The van der Waals surface area contributed by atoms with E-state index in [2.05, 4.69) is 34.4 Å². The Kier molecular flexibility index (Phi) is 7.14. The first kappa shape index (κ1) is 19.4. The number of anilines is 2. The van der Waals surface area contributed by atoms with Crippen LogP contribution in [0.4, 0.5) is 11.4 Å². The van der Waals surface area contributed by atoms with Gasteiger partial charge >= 0.3 is 0 Å². The summed E-state index contributed by atoms with van der Waals surface area (Å²) in [6, 6.07) is 10.8. The van der Waals surface area contributed by atoms with Crippen LogP contribution in [0.5, 0.6) is 0 Å². The number of aromatic nitrogens is 1. The first-order valence-electron chi connectivity index (χ1n) is 8.99. The molecule has 0 atom stereocenters. The monoisotopic (exact) mass is 354 g/mol. The van der Waals surface area contributed by atoms with Crippen molar-refractivity contribution in [1.82, 2.24) is 10.3 Å². The van der Waals surface area contributed by atoms with Gasteiger partial charge in [0.15, 0.2) is 0 Å². The van der Waals surface area contributed by atoms with Gasteiger partial charge in [0.2, 0.25) is 0 Å². The summed E-state index contributed by atoms with van der Waals surface area (Å²) in [7, 11) is 0. The second-order valence-electron chi connectivity index (χ2n) is 5.86. The van der Waals surface area contributed by atoms with Gasteiger partial charge in [-0.15, -0.1) is 0 Å². The highest BCUT2D eigenvalue weighted by Crippen LogP contribution is 2.18. The van der Waals surface area contributed by atoms with E-state index in [0.29, 0.717) is 17.8 Å². The van der Waals surface area contributed by atoms with Crippen molar-refractivity contribution in [1.29, 1.82) is 0 Å². The Balaban J connectivity index is 2.06. The van der Waals surface area contributed by atoms with E-state index in [0.717, 1.165) is 25.2 Å².